The lowest BCUT2D eigenvalue weighted by molar-refractivity contribution is 0.416. The molecular weight excluding hydrogens is 292 g/mol. The average Bonchev–Trinajstić information content (AvgIpc) is 2.98. The number of rotatable bonds is 4. The number of aromatic nitrogens is 3. The number of para-hydroxylation sites is 1. The van der Waals surface area contributed by atoms with Crippen molar-refractivity contribution >= 4 is 5.65 Å². The van der Waals surface area contributed by atoms with Gasteiger partial charge in [0.05, 0.1) is 18.9 Å². The number of aromatic amines is 1. The highest BCUT2D eigenvalue weighted by molar-refractivity contribution is 5.70. The van der Waals surface area contributed by atoms with Gasteiger partial charge in [-0.2, -0.15) is 5.26 Å². The van der Waals surface area contributed by atoms with E-state index in [2.05, 4.69) is 16.2 Å². The number of hydrogen-bond donors (Lipinski definition) is 1. The summed E-state index contributed by atoms with van der Waals surface area (Å²) in [7, 11) is 1.61. The Balaban J connectivity index is 2.18. The van der Waals surface area contributed by atoms with Crippen LogP contribution in [-0.2, 0) is 6.42 Å². The van der Waals surface area contributed by atoms with Crippen molar-refractivity contribution in [3.05, 3.63) is 51.9 Å². The monoisotopic (exact) mass is 308 g/mol. The number of fused-ring (bicyclic) bond motifs is 1. The van der Waals surface area contributed by atoms with Crippen LogP contribution in [0, 0.1) is 18.3 Å². The highest BCUT2D eigenvalue weighted by atomic mass is 16.5. The normalized spacial score (nSPS) is 10.7. The van der Waals surface area contributed by atoms with Crippen molar-refractivity contribution in [1.82, 2.24) is 14.6 Å². The van der Waals surface area contributed by atoms with E-state index < -0.39 is 0 Å². The lowest BCUT2D eigenvalue weighted by atomic mass is 10.1. The second-order valence-corrected chi connectivity index (χ2v) is 5.20. The zero-order valence-corrected chi connectivity index (χ0v) is 13.0. The van der Waals surface area contributed by atoms with Crippen molar-refractivity contribution in [1.29, 1.82) is 5.26 Å². The molecule has 0 spiro atoms. The minimum absolute atomic E-state index is 0.163. The summed E-state index contributed by atoms with van der Waals surface area (Å²) in [5, 5.41) is 11.8. The quantitative estimate of drug-likeness (QED) is 0.802. The first kappa shape index (κ1) is 14.9. The molecule has 0 saturated heterocycles. The van der Waals surface area contributed by atoms with Crippen molar-refractivity contribution in [2.75, 3.05) is 7.11 Å². The van der Waals surface area contributed by atoms with Crippen molar-refractivity contribution in [3.8, 4) is 23.1 Å². The Morgan fingerprint density at radius 1 is 1.39 bits per heavy atom. The van der Waals surface area contributed by atoms with Crippen LogP contribution < -0.4 is 10.3 Å². The molecule has 6 nitrogen and oxygen atoms in total. The van der Waals surface area contributed by atoms with Crippen molar-refractivity contribution in [2.45, 2.75) is 19.8 Å². The first-order valence-electron chi connectivity index (χ1n) is 7.27. The number of ether oxygens (including phenoxy) is 1. The molecule has 0 aliphatic carbocycles. The molecular formula is C17H16N4O2. The Hall–Kier alpha value is -3.07. The SMILES string of the molecule is COc1ccccc1-c1cc2nc(C)c(CCC#N)c(=O)n2[nH]1. The zero-order valence-electron chi connectivity index (χ0n) is 13.0. The molecule has 1 aromatic carbocycles. The molecule has 3 rings (SSSR count). The number of benzene rings is 1. The van der Waals surface area contributed by atoms with Crippen LogP contribution in [0.5, 0.6) is 5.75 Å². The molecule has 2 heterocycles. The van der Waals surface area contributed by atoms with Crippen molar-refractivity contribution < 1.29 is 4.74 Å². The molecule has 2 aromatic heterocycles. The fourth-order valence-electron chi connectivity index (χ4n) is 2.64. The Kier molecular flexibility index (Phi) is 3.85. The van der Waals surface area contributed by atoms with E-state index in [0.29, 0.717) is 35.5 Å². The number of nitriles is 1. The van der Waals surface area contributed by atoms with Crippen LogP contribution >= 0.6 is 0 Å². The third-order valence-corrected chi connectivity index (χ3v) is 3.80. The van der Waals surface area contributed by atoms with E-state index in [1.54, 1.807) is 14.0 Å². The first-order valence-corrected chi connectivity index (χ1v) is 7.27. The third-order valence-electron chi connectivity index (χ3n) is 3.80. The molecule has 0 atom stereocenters. The third kappa shape index (κ3) is 2.57. The fourth-order valence-corrected chi connectivity index (χ4v) is 2.64. The molecule has 0 aliphatic heterocycles. The number of H-pyrrole nitrogens is 1. The Morgan fingerprint density at radius 3 is 2.91 bits per heavy atom. The van der Waals surface area contributed by atoms with Crippen LogP contribution in [0.3, 0.4) is 0 Å². The van der Waals surface area contributed by atoms with Gasteiger partial charge in [-0.05, 0) is 25.5 Å². The Morgan fingerprint density at radius 2 is 2.17 bits per heavy atom. The predicted molar refractivity (Wildman–Crippen MR) is 86.5 cm³/mol. The van der Waals surface area contributed by atoms with Crippen LogP contribution in [0.15, 0.2) is 35.1 Å². The second-order valence-electron chi connectivity index (χ2n) is 5.20. The van der Waals surface area contributed by atoms with E-state index in [1.165, 1.54) is 4.52 Å². The fraction of sp³-hybridized carbons (Fsp3) is 0.235. The maximum atomic E-state index is 12.6. The summed E-state index contributed by atoms with van der Waals surface area (Å²) in [4.78, 5) is 17.1. The van der Waals surface area contributed by atoms with Crippen LogP contribution in [0.25, 0.3) is 16.9 Å². The molecule has 0 radical (unpaired) electrons. The summed E-state index contributed by atoms with van der Waals surface area (Å²) < 4.78 is 6.78. The number of nitrogens with zero attached hydrogens (tertiary/aromatic N) is 3. The van der Waals surface area contributed by atoms with Gasteiger partial charge in [0.25, 0.3) is 5.56 Å². The second kappa shape index (κ2) is 5.97. The van der Waals surface area contributed by atoms with E-state index in [-0.39, 0.29) is 5.56 Å². The molecule has 3 aromatic rings. The maximum absolute atomic E-state index is 12.6. The van der Waals surface area contributed by atoms with Gasteiger partial charge in [0.1, 0.15) is 5.75 Å². The minimum atomic E-state index is -0.163. The van der Waals surface area contributed by atoms with Gasteiger partial charge in [-0.15, -0.1) is 0 Å². The minimum Gasteiger partial charge on any atom is -0.496 e. The van der Waals surface area contributed by atoms with Crippen molar-refractivity contribution in [2.24, 2.45) is 0 Å². The molecule has 6 heteroatoms. The smallest absolute Gasteiger partial charge is 0.276 e. The average molecular weight is 308 g/mol. The number of nitrogens with one attached hydrogen (secondary N) is 1. The zero-order chi connectivity index (χ0) is 16.4. The lowest BCUT2D eigenvalue weighted by Gasteiger charge is -2.05. The molecule has 0 bridgehead atoms. The Bertz CT molecular complexity index is 963. The van der Waals surface area contributed by atoms with Crippen LogP contribution in [0.2, 0.25) is 0 Å². The molecule has 0 amide bonds. The molecule has 116 valence electrons. The van der Waals surface area contributed by atoms with Crippen LogP contribution in [0.1, 0.15) is 17.7 Å². The topological polar surface area (TPSA) is 83.2 Å². The van der Waals surface area contributed by atoms with E-state index in [4.69, 9.17) is 10.00 Å². The standard InChI is InChI=1S/C17H16N4O2/c1-11-12(7-5-9-18)17(22)21-16(19-11)10-14(20-21)13-6-3-4-8-15(13)23-2/h3-4,6,8,10,20H,5,7H2,1-2H3. The number of aryl methyl sites for hydroxylation is 1. The number of methoxy groups -OCH3 is 1. The molecule has 0 fully saturated rings. The van der Waals surface area contributed by atoms with Gasteiger partial charge < -0.3 is 4.74 Å². The van der Waals surface area contributed by atoms with Crippen molar-refractivity contribution in [3.63, 3.8) is 0 Å². The summed E-state index contributed by atoms with van der Waals surface area (Å²) >= 11 is 0. The van der Waals surface area contributed by atoms with Gasteiger partial charge >= 0.3 is 0 Å². The van der Waals surface area contributed by atoms with Crippen LogP contribution in [-0.4, -0.2) is 21.7 Å². The van der Waals surface area contributed by atoms with E-state index in [9.17, 15) is 4.79 Å². The molecule has 0 saturated carbocycles. The van der Waals surface area contributed by atoms with Gasteiger partial charge in [-0.25, -0.2) is 9.50 Å². The summed E-state index contributed by atoms with van der Waals surface area (Å²) in [6.07, 6.45) is 0.698. The van der Waals surface area contributed by atoms with Gasteiger partial charge in [0.2, 0.25) is 0 Å². The van der Waals surface area contributed by atoms with E-state index in [0.717, 1.165) is 11.3 Å². The molecule has 1 N–H and O–H groups in total. The Labute approximate surface area is 133 Å². The number of hydrogen-bond acceptors (Lipinski definition) is 4. The summed E-state index contributed by atoms with van der Waals surface area (Å²) in [6.45, 7) is 1.80. The maximum Gasteiger partial charge on any atom is 0.276 e. The lowest BCUT2D eigenvalue weighted by Crippen LogP contribution is -2.21. The van der Waals surface area contributed by atoms with E-state index >= 15 is 0 Å². The van der Waals surface area contributed by atoms with Gasteiger partial charge in [-0.3, -0.25) is 9.89 Å². The molecule has 23 heavy (non-hydrogen) atoms. The van der Waals surface area contributed by atoms with Gasteiger partial charge in [-0.1, -0.05) is 12.1 Å². The largest absolute Gasteiger partial charge is 0.496 e. The van der Waals surface area contributed by atoms with Gasteiger partial charge in [0, 0.05) is 29.3 Å². The highest BCUT2D eigenvalue weighted by Crippen LogP contribution is 2.28. The molecule has 0 aliphatic rings. The summed E-state index contributed by atoms with van der Waals surface area (Å²) in [6, 6.07) is 11.5. The van der Waals surface area contributed by atoms with Crippen LogP contribution in [0.4, 0.5) is 0 Å². The summed E-state index contributed by atoms with van der Waals surface area (Å²) in [5.74, 6) is 0.716. The summed E-state index contributed by atoms with van der Waals surface area (Å²) in [5.41, 5.74) is 3.23. The first-order chi connectivity index (χ1) is 11.2. The molecule has 0 unspecified atom stereocenters. The predicted octanol–water partition coefficient (Wildman–Crippen LogP) is 2.46. The van der Waals surface area contributed by atoms with Gasteiger partial charge in [0.15, 0.2) is 5.65 Å². The highest BCUT2D eigenvalue weighted by Gasteiger charge is 2.14. The van der Waals surface area contributed by atoms with E-state index in [1.807, 2.05) is 30.3 Å².